The summed E-state index contributed by atoms with van der Waals surface area (Å²) in [5.74, 6) is 0.320. The zero-order chi connectivity index (χ0) is 14.1. The molecule has 0 radical (unpaired) electrons. The van der Waals surface area contributed by atoms with E-state index in [2.05, 4.69) is 10.2 Å². The third-order valence-corrected chi connectivity index (χ3v) is 2.98. The van der Waals surface area contributed by atoms with E-state index < -0.39 is 0 Å². The Morgan fingerprint density at radius 3 is 2.70 bits per heavy atom. The minimum atomic E-state index is -0.297. The molecule has 0 atom stereocenters. The number of rotatable bonds is 3. The second-order valence-corrected chi connectivity index (χ2v) is 4.44. The van der Waals surface area contributed by atoms with Gasteiger partial charge in [-0.2, -0.15) is 0 Å². The first-order valence-corrected chi connectivity index (χ1v) is 6.10. The monoisotopic (exact) mass is 268 g/mol. The fraction of sp³-hybridized carbons (Fsp3) is 0.133. The van der Waals surface area contributed by atoms with Gasteiger partial charge in [0.05, 0.1) is 7.11 Å². The van der Waals surface area contributed by atoms with Gasteiger partial charge in [-0.15, -0.1) is 10.2 Å². The molecular weight excluding hydrogens is 256 g/mol. The van der Waals surface area contributed by atoms with Crippen molar-refractivity contribution in [1.82, 2.24) is 10.2 Å². The Hall–Kier alpha value is -2.69. The van der Waals surface area contributed by atoms with Crippen molar-refractivity contribution in [2.75, 3.05) is 7.11 Å². The summed E-state index contributed by atoms with van der Waals surface area (Å²) in [6, 6.07) is 10.6. The Kier molecular flexibility index (Phi) is 2.95. The van der Waals surface area contributed by atoms with E-state index in [9.17, 15) is 4.79 Å². The number of ketones is 1. The minimum Gasteiger partial charge on any atom is -0.480 e. The molecule has 0 saturated carbocycles. The van der Waals surface area contributed by atoms with E-state index in [4.69, 9.17) is 9.15 Å². The summed E-state index contributed by atoms with van der Waals surface area (Å²) in [4.78, 5) is 12.3. The molecule has 0 bridgehead atoms. The Bertz CT molecular complexity index is 775. The molecule has 3 aromatic rings. The molecule has 0 N–H and O–H groups in total. The van der Waals surface area contributed by atoms with E-state index >= 15 is 0 Å². The van der Waals surface area contributed by atoms with E-state index in [1.54, 1.807) is 18.2 Å². The highest BCUT2D eigenvalue weighted by Gasteiger charge is 2.16. The van der Waals surface area contributed by atoms with Crippen molar-refractivity contribution < 1.29 is 13.9 Å². The van der Waals surface area contributed by atoms with Crippen molar-refractivity contribution >= 4 is 16.8 Å². The second-order valence-electron chi connectivity index (χ2n) is 4.44. The molecule has 20 heavy (non-hydrogen) atoms. The van der Waals surface area contributed by atoms with E-state index in [-0.39, 0.29) is 17.2 Å². The van der Waals surface area contributed by atoms with Gasteiger partial charge in [0.1, 0.15) is 11.3 Å². The number of methoxy groups -OCH3 is 1. The first-order chi connectivity index (χ1) is 9.67. The van der Waals surface area contributed by atoms with Gasteiger partial charge in [0.15, 0.2) is 5.76 Å². The first-order valence-electron chi connectivity index (χ1n) is 6.10. The number of aromatic nitrogens is 2. The standard InChI is InChI=1S/C15H12N2O3/c1-9-3-5-12-10(7-9)8-13(20-12)15(18)11-4-6-14(19-2)17-16-11/h3-8H,1-2H3. The van der Waals surface area contributed by atoms with E-state index in [1.807, 2.05) is 25.1 Å². The molecule has 2 heterocycles. The topological polar surface area (TPSA) is 65.2 Å². The van der Waals surface area contributed by atoms with Crippen LogP contribution in [0.3, 0.4) is 0 Å². The maximum Gasteiger partial charge on any atom is 0.248 e. The van der Waals surface area contributed by atoms with Crippen LogP contribution in [0.15, 0.2) is 40.8 Å². The number of benzene rings is 1. The summed E-state index contributed by atoms with van der Waals surface area (Å²) in [5.41, 5.74) is 2.02. The van der Waals surface area contributed by atoms with Gasteiger partial charge < -0.3 is 9.15 Å². The molecule has 5 heteroatoms. The Labute approximate surface area is 115 Å². The fourth-order valence-electron chi connectivity index (χ4n) is 1.95. The lowest BCUT2D eigenvalue weighted by atomic mass is 10.1. The Morgan fingerprint density at radius 1 is 1.15 bits per heavy atom. The normalized spacial score (nSPS) is 10.7. The molecule has 0 aliphatic rings. The van der Waals surface area contributed by atoms with E-state index in [0.717, 1.165) is 10.9 Å². The number of carbonyl (C=O) groups is 1. The van der Waals surface area contributed by atoms with E-state index in [0.29, 0.717) is 11.5 Å². The van der Waals surface area contributed by atoms with Gasteiger partial charge in [0.25, 0.3) is 0 Å². The van der Waals surface area contributed by atoms with Gasteiger partial charge in [0.2, 0.25) is 11.7 Å². The summed E-state index contributed by atoms with van der Waals surface area (Å²) >= 11 is 0. The van der Waals surface area contributed by atoms with Crippen LogP contribution < -0.4 is 4.74 Å². The Balaban J connectivity index is 1.98. The number of carbonyl (C=O) groups excluding carboxylic acids is 1. The second kappa shape index (κ2) is 4.77. The molecule has 3 rings (SSSR count). The first kappa shape index (κ1) is 12.3. The lowest BCUT2D eigenvalue weighted by molar-refractivity contribution is 0.100. The lowest BCUT2D eigenvalue weighted by Gasteiger charge is -1.98. The number of ether oxygens (including phenoxy) is 1. The third kappa shape index (κ3) is 2.14. The highest BCUT2D eigenvalue weighted by Crippen LogP contribution is 2.22. The lowest BCUT2D eigenvalue weighted by Crippen LogP contribution is -2.04. The molecular formula is C15H12N2O3. The summed E-state index contributed by atoms with van der Waals surface area (Å²) in [6.07, 6.45) is 0. The van der Waals surface area contributed by atoms with Crippen LogP contribution in [0, 0.1) is 6.92 Å². The summed E-state index contributed by atoms with van der Waals surface area (Å²) in [6.45, 7) is 1.99. The number of aryl methyl sites for hydroxylation is 1. The average molecular weight is 268 g/mol. The van der Waals surface area contributed by atoms with Crippen LogP contribution in [0.2, 0.25) is 0 Å². The van der Waals surface area contributed by atoms with Crippen LogP contribution in [0.4, 0.5) is 0 Å². The van der Waals surface area contributed by atoms with Crippen LogP contribution >= 0.6 is 0 Å². The van der Waals surface area contributed by atoms with E-state index in [1.165, 1.54) is 7.11 Å². The highest BCUT2D eigenvalue weighted by atomic mass is 16.5. The van der Waals surface area contributed by atoms with Crippen LogP contribution in [0.5, 0.6) is 5.88 Å². The van der Waals surface area contributed by atoms with Crippen molar-refractivity contribution in [3.63, 3.8) is 0 Å². The minimum absolute atomic E-state index is 0.224. The van der Waals surface area contributed by atoms with Crippen molar-refractivity contribution in [3.8, 4) is 5.88 Å². The number of nitrogens with zero attached hydrogens (tertiary/aromatic N) is 2. The van der Waals surface area contributed by atoms with Crippen LogP contribution in [0.25, 0.3) is 11.0 Å². The molecule has 0 aliphatic heterocycles. The highest BCUT2D eigenvalue weighted by molar-refractivity contribution is 6.07. The maximum atomic E-state index is 12.3. The van der Waals surface area contributed by atoms with Crippen LogP contribution in [-0.2, 0) is 0 Å². The number of hydrogen-bond acceptors (Lipinski definition) is 5. The van der Waals surface area contributed by atoms with Crippen molar-refractivity contribution in [1.29, 1.82) is 0 Å². The molecule has 1 aromatic carbocycles. The van der Waals surface area contributed by atoms with Crippen LogP contribution in [0.1, 0.15) is 21.8 Å². The van der Waals surface area contributed by atoms with Crippen LogP contribution in [-0.4, -0.2) is 23.1 Å². The summed E-state index contributed by atoms with van der Waals surface area (Å²) in [7, 11) is 1.49. The average Bonchev–Trinajstić information content (AvgIpc) is 2.89. The fourth-order valence-corrected chi connectivity index (χ4v) is 1.95. The number of furan rings is 1. The zero-order valence-corrected chi connectivity index (χ0v) is 11.1. The van der Waals surface area contributed by atoms with Gasteiger partial charge >= 0.3 is 0 Å². The maximum absolute atomic E-state index is 12.3. The molecule has 0 fully saturated rings. The zero-order valence-electron chi connectivity index (χ0n) is 11.1. The van der Waals surface area contributed by atoms with Crippen molar-refractivity contribution in [3.05, 3.63) is 53.4 Å². The molecule has 0 aliphatic carbocycles. The van der Waals surface area contributed by atoms with Gasteiger partial charge in [-0.1, -0.05) is 11.6 Å². The Morgan fingerprint density at radius 2 is 2.00 bits per heavy atom. The molecule has 5 nitrogen and oxygen atoms in total. The van der Waals surface area contributed by atoms with Crippen molar-refractivity contribution in [2.45, 2.75) is 6.92 Å². The molecule has 0 spiro atoms. The van der Waals surface area contributed by atoms with Gasteiger partial charge in [-0.3, -0.25) is 4.79 Å². The largest absolute Gasteiger partial charge is 0.480 e. The number of fused-ring (bicyclic) bond motifs is 1. The predicted molar refractivity (Wildman–Crippen MR) is 73.0 cm³/mol. The smallest absolute Gasteiger partial charge is 0.248 e. The molecule has 0 saturated heterocycles. The summed E-state index contributed by atoms with van der Waals surface area (Å²) in [5, 5.41) is 8.50. The molecule has 0 unspecified atom stereocenters. The third-order valence-electron chi connectivity index (χ3n) is 2.98. The van der Waals surface area contributed by atoms with Gasteiger partial charge in [0, 0.05) is 11.5 Å². The summed E-state index contributed by atoms with van der Waals surface area (Å²) < 4.78 is 10.5. The quantitative estimate of drug-likeness (QED) is 0.683. The molecule has 2 aromatic heterocycles. The van der Waals surface area contributed by atoms with Gasteiger partial charge in [-0.05, 0) is 31.2 Å². The predicted octanol–water partition coefficient (Wildman–Crippen LogP) is 2.77. The SMILES string of the molecule is COc1ccc(C(=O)c2cc3cc(C)ccc3o2)nn1. The molecule has 0 amide bonds. The van der Waals surface area contributed by atoms with Crippen molar-refractivity contribution in [2.24, 2.45) is 0 Å². The number of hydrogen-bond donors (Lipinski definition) is 0. The van der Waals surface area contributed by atoms with Gasteiger partial charge in [-0.25, -0.2) is 0 Å². The molecule has 100 valence electrons.